The topological polar surface area (TPSA) is 78.1 Å². The molecule has 1 aliphatic rings. The van der Waals surface area contributed by atoms with Crippen molar-refractivity contribution < 1.29 is 15.0 Å². The Morgan fingerprint density at radius 3 is 2.80 bits per heavy atom. The molecule has 1 aliphatic heterocycles. The fraction of sp³-hybridized carbons (Fsp3) is 0.429. The standard InChI is InChI=1S/C14H17N3O3/c18-11-4-6-16(7-5-11)8-10-2-1-3-13-15-12(14(19)20)9-17(10)13/h1-3,9,11,18H,4-8H2,(H,19,20). The maximum Gasteiger partial charge on any atom is 0.356 e. The second-order valence-corrected chi connectivity index (χ2v) is 5.18. The number of pyridine rings is 1. The molecular formula is C14H17N3O3. The number of fused-ring (bicyclic) bond motifs is 1. The van der Waals surface area contributed by atoms with Gasteiger partial charge in [-0.3, -0.25) is 4.90 Å². The van der Waals surface area contributed by atoms with E-state index >= 15 is 0 Å². The normalized spacial score (nSPS) is 17.6. The van der Waals surface area contributed by atoms with Gasteiger partial charge in [-0.2, -0.15) is 0 Å². The van der Waals surface area contributed by atoms with Gasteiger partial charge in [-0.15, -0.1) is 0 Å². The lowest BCUT2D eigenvalue weighted by atomic mass is 10.1. The first kappa shape index (κ1) is 13.1. The van der Waals surface area contributed by atoms with Crippen molar-refractivity contribution in [2.75, 3.05) is 13.1 Å². The summed E-state index contributed by atoms with van der Waals surface area (Å²) in [7, 11) is 0. The molecule has 2 N–H and O–H groups in total. The maximum absolute atomic E-state index is 11.0. The van der Waals surface area contributed by atoms with Crippen LogP contribution in [0.1, 0.15) is 29.0 Å². The molecule has 0 amide bonds. The lowest BCUT2D eigenvalue weighted by Crippen LogP contribution is -2.35. The van der Waals surface area contributed by atoms with E-state index in [1.807, 2.05) is 16.5 Å². The Morgan fingerprint density at radius 1 is 1.35 bits per heavy atom. The van der Waals surface area contributed by atoms with E-state index in [0.29, 0.717) is 5.65 Å². The van der Waals surface area contributed by atoms with E-state index < -0.39 is 5.97 Å². The second-order valence-electron chi connectivity index (χ2n) is 5.18. The first-order valence-corrected chi connectivity index (χ1v) is 6.74. The number of imidazole rings is 1. The van der Waals surface area contributed by atoms with Gasteiger partial charge in [0.1, 0.15) is 5.65 Å². The van der Waals surface area contributed by atoms with E-state index in [0.717, 1.165) is 38.2 Å². The third-order valence-electron chi connectivity index (χ3n) is 3.74. The van der Waals surface area contributed by atoms with Crippen LogP contribution in [0.15, 0.2) is 24.4 Å². The lowest BCUT2D eigenvalue weighted by molar-refractivity contribution is 0.0690. The number of nitrogens with zero attached hydrogens (tertiary/aromatic N) is 3. The molecule has 0 saturated carbocycles. The molecule has 0 bridgehead atoms. The van der Waals surface area contributed by atoms with E-state index in [-0.39, 0.29) is 11.8 Å². The van der Waals surface area contributed by atoms with Crippen LogP contribution >= 0.6 is 0 Å². The molecule has 20 heavy (non-hydrogen) atoms. The Kier molecular flexibility index (Phi) is 3.42. The van der Waals surface area contributed by atoms with Gasteiger partial charge in [-0.05, 0) is 25.0 Å². The average molecular weight is 275 g/mol. The maximum atomic E-state index is 11.0. The van der Waals surface area contributed by atoms with Gasteiger partial charge in [-0.25, -0.2) is 9.78 Å². The summed E-state index contributed by atoms with van der Waals surface area (Å²) < 4.78 is 1.83. The third kappa shape index (κ3) is 2.52. The summed E-state index contributed by atoms with van der Waals surface area (Å²) >= 11 is 0. The molecule has 3 rings (SSSR count). The average Bonchev–Trinajstić information content (AvgIpc) is 2.87. The number of likely N-dealkylation sites (tertiary alicyclic amines) is 1. The van der Waals surface area contributed by atoms with Crippen molar-refractivity contribution in [3.63, 3.8) is 0 Å². The van der Waals surface area contributed by atoms with Crippen LogP contribution in [0.4, 0.5) is 0 Å². The minimum atomic E-state index is -1.01. The Balaban J connectivity index is 1.85. The fourth-order valence-electron chi connectivity index (χ4n) is 2.61. The zero-order chi connectivity index (χ0) is 14.1. The number of rotatable bonds is 3. The molecule has 106 valence electrons. The second kappa shape index (κ2) is 5.22. The fourth-order valence-corrected chi connectivity index (χ4v) is 2.61. The Labute approximate surface area is 116 Å². The van der Waals surface area contributed by atoms with E-state index in [2.05, 4.69) is 9.88 Å². The highest BCUT2D eigenvalue weighted by Crippen LogP contribution is 2.15. The zero-order valence-corrected chi connectivity index (χ0v) is 11.1. The largest absolute Gasteiger partial charge is 0.476 e. The first-order chi connectivity index (χ1) is 9.63. The van der Waals surface area contributed by atoms with E-state index in [9.17, 15) is 9.90 Å². The van der Waals surface area contributed by atoms with E-state index in [4.69, 9.17) is 5.11 Å². The molecule has 0 aliphatic carbocycles. The summed E-state index contributed by atoms with van der Waals surface area (Å²) in [6.07, 6.45) is 2.96. The van der Waals surface area contributed by atoms with Gasteiger partial charge in [0, 0.05) is 31.5 Å². The summed E-state index contributed by atoms with van der Waals surface area (Å²) in [5, 5.41) is 18.5. The van der Waals surface area contributed by atoms with Crippen molar-refractivity contribution in [3.8, 4) is 0 Å². The number of hydrogen-bond acceptors (Lipinski definition) is 4. The SMILES string of the molecule is O=C(O)c1cn2c(CN3CCC(O)CC3)cccc2n1. The van der Waals surface area contributed by atoms with Crippen LogP contribution in [-0.2, 0) is 6.54 Å². The van der Waals surface area contributed by atoms with Gasteiger partial charge in [-0.1, -0.05) is 6.07 Å². The van der Waals surface area contributed by atoms with Crippen molar-refractivity contribution in [1.82, 2.24) is 14.3 Å². The monoisotopic (exact) mass is 275 g/mol. The number of aliphatic hydroxyl groups is 1. The van der Waals surface area contributed by atoms with Gasteiger partial charge in [0.15, 0.2) is 5.69 Å². The zero-order valence-electron chi connectivity index (χ0n) is 11.1. The molecule has 1 fully saturated rings. The molecule has 6 heteroatoms. The van der Waals surface area contributed by atoms with Crippen LogP contribution in [0.5, 0.6) is 0 Å². The number of carbonyl (C=O) groups is 1. The molecule has 1 saturated heterocycles. The Bertz CT molecular complexity index is 630. The summed E-state index contributed by atoms with van der Waals surface area (Å²) in [4.78, 5) is 17.3. The summed E-state index contributed by atoms with van der Waals surface area (Å²) in [5.41, 5.74) is 1.72. The van der Waals surface area contributed by atoms with Gasteiger partial charge in [0.25, 0.3) is 0 Å². The number of carboxylic acids is 1. The van der Waals surface area contributed by atoms with Crippen molar-refractivity contribution in [2.45, 2.75) is 25.5 Å². The Hall–Kier alpha value is -1.92. The number of aromatic carboxylic acids is 1. The van der Waals surface area contributed by atoms with Gasteiger partial charge in [0.2, 0.25) is 0 Å². The van der Waals surface area contributed by atoms with Crippen LogP contribution < -0.4 is 0 Å². The van der Waals surface area contributed by atoms with Crippen molar-refractivity contribution in [1.29, 1.82) is 0 Å². The molecule has 0 aromatic carbocycles. The van der Waals surface area contributed by atoms with Gasteiger partial charge >= 0.3 is 5.97 Å². The predicted octanol–water partition coefficient (Wildman–Crippen LogP) is 0.989. The number of piperidine rings is 1. The van der Waals surface area contributed by atoms with Crippen molar-refractivity contribution >= 4 is 11.6 Å². The minimum absolute atomic E-state index is 0.0616. The van der Waals surface area contributed by atoms with Crippen molar-refractivity contribution in [2.24, 2.45) is 0 Å². The molecule has 0 radical (unpaired) electrons. The van der Waals surface area contributed by atoms with Gasteiger partial charge in [0.05, 0.1) is 6.10 Å². The predicted molar refractivity (Wildman–Crippen MR) is 72.7 cm³/mol. The van der Waals surface area contributed by atoms with E-state index in [1.54, 1.807) is 12.3 Å². The van der Waals surface area contributed by atoms with Crippen LogP contribution in [0.2, 0.25) is 0 Å². The van der Waals surface area contributed by atoms with Gasteiger partial charge < -0.3 is 14.6 Å². The molecule has 3 heterocycles. The van der Waals surface area contributed by atoms with Crippen LogP contribution in [0.25, 0.3) is 5.65 Å². The highest BCUT2D eigenvalue weighted by molar-refractivity contribution is 5.86. The highest BCUT2D eigenvalue weighted by atomic mass is 16.4. The lowest BCUT2D eigenvalue weighted by Gasteiger charge is -2.29. The third-order valence-corrected chi connectivity index (χ3v) is 3.74. The molecule has 0 spiro atoms. The number of aliphatic hydroxyl groups excluding tert-OH is 1. The molecule has 2 aromatic rings. The summed E-state index contributed by atoms with van der Waals surface area (Å²) in [6.45, 7) is 2.45. The number of aromatic nitrogens is 2. The van der Waals surface area contributed by atoms with E-state index in [1.165, 1.54) is 0 Å². The quantitative estimate of drug-likeness (QED) is 0.873. The Morgan fingerprint density at radius 2 is 2.10 bits per heavy atom. The molecule has 0 unspecified atom stereocenters. The first-order valence-electron chi connectivity index (χ1n) is 6.74. The molecule has 2 aromatic heterocycles. The van der Waals surface area contributed by atoms with Crippen LogP contribution in [0.3, 0.4) is 0 Å². The highest BCUT2D eigenvalue weighted by Gasteiger charge is 2.18. The van der Waals surface area contributed by atoms with Crippen LogP contribution in [0, 0.1) is 0 Å². The molecule has 0 atom stereocenters. The molecule has 6 nitrogen and oxygen atoms in total. The molecular weight excluding hydrogens is 258 g/mol. The summed E-state index contributed by atoms with van der Waals surface area (Å²) in [6, 6.07) is 5.67. The van der Waals surface area contributed by atoms with Crippen LogP contribution in [-0.4, -0.2) is 49.7 Å². The minimum Gasteiger partial charge on any atom is -0.476 e. The smallest absolute Gasteiger partial charge is 0.356 e. The van der Waals surface area contributed by atoms with Crippen molar-refractivity contribution in [3.05, 3.63) is 35.8 Å². The number of carboxylic acid groups (broad SMARTS) is 1. The number of hydrogen-bond donors (Lipinski definition) is 2. The summed E-state index contributed by atoms with van der Waals surface area (Å²) in [5.74, 6) is -1.01.